The Morgan fingerprint density at radius 3 is 2.52 bits per heavy atom. The predicted molar refractivity (Wildman–Crippen MR) is 92.0 cm³/mol. The van der Waals surface area contributed by atoms with Crippen molar-refractivity contribution in [2.75, 3.05) is 30.0 Å². The Morgan fingerprint density at radius 2 is 1.90 bits per heavy atom. The van der Waals surface area contributed by atoms with Crippen LogP contribution in [0.2, 0.25) is 0 Å². The first-order valence-electron chi connectivity index (χ1n) is 6.53. The zero-order valence-electron chi connectivity index (χ0n) is 12.3. The Hall–Kier alpha value is -2.01. The summed E-state index contributed by atoms with van der Waals surface area (Å²) in [5.41, 5.74) is 9.54. The van der Waals surface area contributed by atoms with Gasteiger partial charge in [-0.15, -0.1) is 0 Å². The minimum Gasteiger partial charge on any atom is -0.399 e. The molecule has 0 aliphatic carbocycles. The topological polar surface area (TPSA) is 58.4 Å². The first kappa shape index (κ1) is 15.4. The van der Waals surface area contributed by atoms with Gasteiger partial charge >= 0.3 is 0 Å². The number of nitrogens with two attached hydrogens (primary N) is 1. The Labute approximate surface area is 133 Å². The first-order valence-corrected chi connectivity index (χ1v) is 7.32. The number of rotatable bonds is 3. The molecule has 2 rings (SSSR count). The van der Waals surface area contributed by atoms with Crippen molar-refractivity contribution >= 4 is 38.9 Å². The van der Waals surface area contributed by atoms with E-state index in [1.807, 2.05) is 50.2 Å². The van der Waals surface area contributed by atoms with Crippen LogP contribution in [-0.4, -0.2) is 20.0 Å². The van der Waals surface area contributed by atoms with Crippen LogP contribution in [0.3, 0.4) is 0 Å². The fraction of sp³-hybridized carbons (Fsp3) is 0.188. The molecule has 0 saturated heterocycles. The van der Waals surface area contributed by atoms with Crippen LogP contribution >= 0.6 is 15.9 Å². The molecule has 0 heterocycles. The standard InChI is InChI=1S/C16H18BrN3O/c1-10-8-11(17)4-6-14(10)19-16(21)13-9-12(18)5-7-15(13)20(2)3/h4-9H,18H2,1-3H3,(H,19,21). The molecule has 0 radical (unpaired) electrons. The van der Waals surface area contributed by atoms with Crippen molar-refractivity contribution in [2.45, 2.75) is 6.92 Å². The number of carbonyl (C=O) groups excluding carboxylic acids is 1. The van der Waals surface area contributed by atoms with Gasteiger partial charge in [0.2, 0.25) is 0 Å². The summed E-state index contributed by atoms with van der Waals surface area (Å²) in [4.78, 5) is 14.4. The molecule has 4 nitrogen and oxygen atoms in total. The van der Waals surface area contributed by atoms with Crippen molar-refractivity contribution in [2.24, 2.45) is 0 Å². The molecule has 0 aliphatic rings. The number of halogens is 1. The van der Waals surface area contributed by atoms with Crippen LogP contribution in [0.4, 0.5) is 17.1 Å². The number of amides is 1. The van der Waals surface area contributed by atoms with E-state index in [0.29, 0.717) is 11.3 Å². The molecule has 0 unspecified atom stereocenters. The molecular weight excluding hydrogens is 330 g/mol. The van der Waals surface area contributed by atoms with E-state index >= 15 is 0 Å². The summed E-state index contributed by atoms with van der Waals surface area (Å²) in [5.74, 6) is -0.170. The molecular formula is C16H18BrN3O. The van der Waals surface area contributed by atoms with Gasteiger partial charge in [0.1, 0.15) is 0 Å². The van der Waals surface area contributed by atoms with Gasteiger partial charge in [-0.3, -0.25) is 4.79 Å². The van der Waals surface area contributed by atoms with Gasteiger partial charge in [0, 0.05) is 35.6 Å². The highest BCUT2D eigenvalue weighted by molar-refractivity contribution is 9.10. The second kappa shape index (κ2) is 6.18. The van der Waals surface area contributed by atoms with E-state index in [0.717, 1.165) is 21.4 Å². The summed E-state index contributed by atoms with van der Waals surface area (Å²) in [6.07, 6.45) is 0. The number of hydrogen-bond acceptors (Lipinski definition) is 3. The van der Waals surface area contributed by atoms with Gasteiger partial charge in [-0.1, -0.05) is 15.9 Å². The highest BCUT2D eigenvalue weighted by Crippen LogP contribution is 2.25. The van der Waals surface area contributed by atoms with Gasteiger partial charge in [-0.05, 0) is 48.9 Å². The van der Waals surface area contributed by atoms with Crippen molar-refractivity contribution in [3.8, 4) is 0 Å². The zero-order chi connectivity index (χ0) is 15.6. The minimum absolute atomic E-state index is 0.170. The third-order valence-electron chi connectivity index (χ3n) is 3.18. The zero-order valence-corrected chi connectivity index (χ0v) is 13.9. The molecule has 3 N–H and O–H groups in total. The number of nitrogens with one attached hydrogen (secondary N) is 1. The monoisotopic (exact) mass is 347 g/mol. The van der Waals surface area contributed by atoms with Crippen LogP contribution in [-0.2, 0) is 0 Å². The smallest absolute Gasteiger partial charge is 0.257 e. The van der Waals surface area contributed by atoms with Crippen molar-refractivity contribution in [3.05, 3.63) is 52.0 Å². The lowest BCUT2D eigenvalue weighted by Crippen LogP contribution is -2.19. The van der Waals surface area contributed by atoms with Crippen LogP contribution in [0.5, 0.6) is 0 Å². The van der Waals surface area contributed by atoms with Crippen LogP contribution in [0.25, 0.3) is 0 Å². The molecule has 0 spiro atoms. The largest absolute Gasteiger partial charge is 0.399 e. The Bertz CT molecular complexity index is 683. The van der Waals surface area contributed by atoms with Gasteiger partial charge in [0.05, 0.1) is 5.56 Å². The molecule has 0 saturated carbocycles. The van der Waals surface area contributed by atoms with E-state index < -0.39 is 0 Å². The summed E-state index contributed by atoms with van der Waals surface area (Å²) < 4.78 is 0.982. The molecule has 5 heteroatoms. The molecule has 0 aliphatic heterocycles. The van der Waals surface area contributed by atoms with Crippen LogP contribution < -0.4 is 16.0 Å². The maximum absolute atomic E-state index is 12.5. The average molecular weight is 348 g/mol. The fourth-order valence-electron chi connectivity index (χ4n) is 2.08. The van der Waals surface area contributed by atoms with Gasteiger partial charge < -0.3 is 16.0 Å². The number of benzene rings is 2. The van der Waals surface area contributed by atoms with Gasteiger partial charge in [0.25, 0.3) is 5.91 Å². The van der Waals surface area contributed by atoms with E-state index in [1.54, 1.807) is 12.1 Å². The van der Waals surface area contributed by atoms with E-state index in [-0.39, 0.29) is 5.91 Å². The highest BCUT2D eigenvalue weighted by atomic mass is 79.9. The molecule has 2 aromatic carbocycles. The van der Waals surface area contributed by atoms with Crippen LogP contribution in [0.1, 0.15) is 15.9 Å². The highest BCUT2D eigenvalue weighted by Gasteiger charge is 2.14. The number of nitrogen functional groups attached to an aromatic ring is 1. The van der Waals surface area contributed by atoms with Crippen molar-refractivity contribution in [1.82, 2.24) is 0 Å². The molecule has 110 valence electrons. The second-order valence-corrected chi connectivity index (χ2v) is 6.00. The van der Waals surface area contributed by atoms with E-state index in [4.69, 9.17) is 5.73 Å². The summed E-state index contributed by atoms with van der Waals surface area (Å²) in [6, 6.07) is 11.1. The maximum Gasteiger partial charge on any atom is 0.257 e. The summed E-state index contributed by atoms with van der Waals surface area (Å²) in [7, 11) is 3.79. The van der Waals surface area contributed by atoms with Crippen LogP contribution in [0, 0.1) is 6.92 Å². The Kier molecular flexibility index (Phi) is 4.53. The van der Waals surface area contributed by atoms with Gasteiger partial charge in [-0.25, -0.2) is 0 Å². The molecule has 1 amide bonds. The van der Waals surface area contributed by atoms with Crippen molar-refractivity contribution in [1.29, 1.82) is 0 Å². The molecule has 0 aromatic heterocycles. The van der Waals surface area contributed by atoms with E-state index in [1.165, 1.54) is 0 Å². The summed E-state index contributed by atoms with van der Waals surface area (Å²) >= 11 is 3.41. The SMILES string of the molecule is Cc1cc(Br)ccc1NC(=O)c1cc(N)ccc1N(C)C. The maximum atomic E-state index is 12.5. The summed E-state index contributed by atoms with van der Waals surface area (Å²) in [6.45, 7) is 1.95. The van der Waals surface area contributed by atoms with Crippen LogP contribution in [0.15, 0.2) is 40.9 Å². The number of aryl methyl sites for hydroxylation is 1. The molecule has 0 bridgehead atoms. The third kappa shape index (κ3) is 3.55. The number of carbonyl (C=O) groups is 1. The second-order valence-electron chi connectivity index (χ2n) is 5.08. The van der Waals surface area contributed by atoms with Crippen molar-refractivity contribution in [3.63, 3.8) is 0 Å². The Morgan fingerprint density at radius 1 is 1.19 bits per heavy atom. The quantitative estimate of drug-likeness (QED) is 0.833. The van der Waals surface area contributed by atoms with Gasteiger partial charge in [-0.2, -0.15) is 0 Å². The third-order valence-corrected chi connectivity index (χ3v) is 3.68. The van der Waals surface area contributed by atoms with E-state index in [2.05, 4.69) is 21.2 Å². The molecule has 21 heavy (non-hydrogen) atoms. The van der Waals surface area contributed by atoms with Gasteiger partial charge in [0.15, 0.2) is 0 Å². The first-order chi connectivity index (χ1) is 9.88. The molecule has 0 fully saturated rings. The lowest BCUT2D eigenvalue weighted by Gasteiger charge is -2.18. The number of hydrogen-bond donors (Lipinski definition) is 2. The number of anilines is 3. The Balaban J connectivity index is 2.34. The fourth-order valence-corrected chi connectivity index (χ4v) is 2.56. The molecule has 0 atom stereocenters. The lowest BCUT2D eigenvalue weighted by molar-refractivity contribution is 0.102. The minimum atomic E-state index is -0.170. The normalized spacial score (nSPS) is 10.3. The lowest BCUT2D eigenvalue weighted by atomic mass is 10.1. The van der Waals surface area contributed by atoms with E-state index in [9.17, 15) is 4.79 Å². The predicted octanol–water partition coefficient (Wildman–Crippen LogP) is 3.66. The average Bonchev–Trinajstić information content (AvgIpc) is 2.41. The van der Waals surface area contributed by atoms with Crippen molar-refractivity contribution < 1.29 is 4.79 Å². The molecule has 2 aromatic rings. The summed E-state index contributed by atoms with van der Waals surface area (Å²) in [5, 5.41) is 2.93. The number of nitrogens with zero attached hydrogens (tertiary/aromatic N) is 1.